The molecule has 0 aromatic heterocycles. The lowest BCUT2D eigenvalue weighted by Crippen LogP contribution is -2.54. The quantitative estimate of drug-likeness (QED) is 0.624. The molecule has 2 atom stereocenters. The van der Waals surface area contributed by atoms with Gasteiger partial charge in [0, 0.05) is 40.2 Å². The number of hydrogen-bond donors (Lipinski definition) is 0. The minimum Gasteiger partial charge on any atom is -0.378 e. The van der Waals surface area contributed by atoms with Crippen LogP contribution in [-0.4, -0.2) is 61.5 Å². The third-order valence-electron chi connectivity index (χ3n) is 7.10. The van der Waals surface area contributed by atoms with E-state index in [0.29, 0.717) is 19.4 Å². The average molecular weight is 449 g/mol. The van der Waals surface area contributed by atoms with Crippen LogP contribution in [0.5, 0.6) is 0 Å². The SMILES string of the molecule is CN(C)C(=O)[C@]1(Cc2ccc(-c3ccccc3)cc2)CCCN(C(=O)CC[C@H]2CCCO2)C1. The monoisotopic (exact) mass is 448 g/mol. The van der Waals surface area contributed by atoms with E-state index in [1.54, 1.807) is 4.90 Å². The summed E-state index contributed by atoms with van der Waals surface area (Å²) < 4.78 is 5.69. The molecule has 2 amide bonds. The first-order valence-electron chi connectivity index (χ1n) is 12.2. The van der Waals surface area contributed by atoms with Crippen molar-refractivity contribution in [2.24, 2.45) is 5.41 Å². The molecule has 2 aromatic rings. The Hall–Kier alpha value is -2.66. The van der Waals surface area contributed by atoms with Crippen molar-refractivity contribution in [2.45, 2.75) is 51.0 Å². The average Bonchev–Trinajstić information content (AvgIpc) is 3.37. The van der Waals surface area contributed by atoms with Gasteiger partial charge in [0.05, 0.1) is 11.5 Å². The Bertz CT molecular complexity index is 935. The van der Waals surface area contributed by atoms with Gasteiger partial charge in [-0.1, -0.05) is 54.6 Å². The number of carbonyl (C=O) groups excluding carboxylic acids is 2. The van der Waals surface area contributed by atoms with Gasteiger partial charge in [-0.25, -0.2) is 0 Å². The summed E-state index contributed by atoms with van der Waals surface area (Å²) in [5.41, 5.74) is 2.92. The number of amides is 2. The molecule has 0 radical (unpaired) electrons. The summed E-state index contributed by atoms with van der Waals surface area (Å²) >= 11 is 0. The minimum absolute atomic E-state index is 0.117. The Labute approximate surface area is 197 Å². The maximum absolute atomic E-state index is 13.4. The van der Waals surface area contributed by atoms with Gasteiger partial charge in [-0.05, 0) is 55.2 Å². The van der Waals surface area contributed by atoms with E-state index in [2.05, 4.69) is 36.4 Å². The van der Waals surface area contributed by atoms with Crippen LogP contribution in [0.25, 0.3) is 11.1 Å². The third-order valence-corrected chi connectivity index (χ3v) is 7.10. The summed E-state index contributed by atoms with van der Waals surface area (Å²) in [4.78, 5) is 30.1. The summed E-state index contributed by atoms with van der Waals surface area (Å²) in [7, 11) is 3.64. The molecule has 0 saturated carbocycles. The molecule has 0 N–H and O–H groups in total. The number of benzene rings is 2. The number of ether oxygens (including phenoxy) is 1. The Morgan fingerprint density at radius 2 is 1.76 bits per heavy atom. The zero-order valence-electron chi connectivity index (χ0n) is 20.0. The van der Waals surface area contributed by atoms with Crippen LogP contribution in [0.3, 0.4) is 0 Å². The molecular formula is C28H36N2O3. The second kappa shape index (κ2) is 10.5. The largest absolute Gasteiger partial charge is 0.378 e. The van der Waals surface area contributed by atoms with E-state index < -0.39 is 5.41 Å². The molecule has 33 heavy (non-hydrogen) atoms. The molecule has 0 aliphatic carbocycles. The van der Waals surface area contributed by atoms with E-state index in [1.165, 1.54) is 11.1 Å². The fourth-order valence-corrected chi connectivity index (χ4v) is 5.36. The second-order valence-corrected chi connectivity index (χ2v) is 9.81. The van der Waals surface area contributed by atoms with Crippen molar-refractivity contribution in [3.63, 3.8) is 0 Å². The standard InChI is InChI=1S/C28H36N2O3/c1-29(2)27(32)28(20-22-11-13-24(14-12-22)23-8-4-3-5-9-23)17-7-18-30(21-28)26(31)16-15-25-10-6-19-33-25/h3-5,8-9,11-14,25H,6-7,10,15-21H2,1-2H3/t25-,28+/m1/s1. The lowest BCUT2D eigenvalue weighted by atomic mass is 9.73. The van der Waals surface area contributed by atoms with Crippen molar-refractivity contribution in [3.05, 3.63) is 60.2 Å². The molecule has 2 aliphatic rings. The Morgan fingerprint density at radius 1 is 1.03 bits per heavy atom. The third kappa shape index (κ3) is 5.64. The fourth-order valence-electron chi connectivity index (χ4n) is 5.36. The van der Waals surface area contributed by atoms with Crippen LogP contribution in [0, 0.1) is 5.41 Å². The molecule has 0 unspecified atom stereocenters. The van der Waals surface area contributed by atoms with Gasteiger partial charge in [0.2, 0.25) is 11.8 Å². The molecule has 2 heterocycles. The molecule has 2 aromatic carbocycles. The maximum Gasteiger partial charge on any atom is 0.230 e. The number of likely N-dealkylation sites (tertiary alicyclic amines) is 1. The summed E-state index contributed by atoms with van der Waals surface area (Å²) in [6.07, 6.45) is 5.95. The smallest absolute Gasteiger partial charge is 0.230 e. The van der Waals surface area contributed by atoms with E-state index in [9.17, 15) is 9.59 Å². The number of hydrogen-bond acceptors (Lipinski definition) is 3. The zero-order valence-corrected chi connectivity index (χ0v) is 20.0. The number of carbonyl (C=O) groups is 2. The minimum atomic E-state index is -0.574. The fraction of sp³-hybridized carbons (Fsp3) is 0.500. The molecule has 2 aliphatic heterocycles. The molecule has 0 bridgehead atoms. The topological polar surface area (TPSA) is 49.9 Å². The van der Waals surface area contributed by atoms with Crippen LogP contribution in [0.1, 0.15) is 44.1 Å². The van der Waals surface area contributed by atoms with Gasteiger partial charge < -0.3 is 14.5 Å². The Balaban J connectivity index is 1.48. The van der Waals surface area contributed by atoms with Crippen molar-refractivity contribution < 1.29 is 14.3 Å². The zero-order chi connectivity index (χ0) is 23.3. The van der Waals surface area contributed by atoms with Crippen LogP contribution in [-0.2, 0) is 20.7 Å². The highest BCUT2D eigenvalue weighted by Gasteiger charge is 2.44. The first-order valence-corrected chi connectivity index (χ1v) is 12.2. The maximum atomic E-state index is 13.4. The van der Waals surface area contributed by atoms with Crippen molar-refractivity contribution in [2.75, 3.05) is 33.8 Å². The molecule has 0 spiro atoms. The summed E-state index contributed by atoms with van der Waals surface area (Å²) in [6.45, 7) is 2.04. The van der Waals surface area contributed by atoms with E-state index in [4.69, 9.17) is 4.74 Å². The summed E-state index contributed by atoms with van der Waals surface area (Å²) in [5.74, 6) is 0.270. The van der Waals surface area contributed by atoms with Gasteiger partial charge in [-0.15, -0.1) is 0 Å². The summed E-state index contributed by atoms with van der Waals surface area (Å²) in [5, 5.41) is 0. The number of nitrogens with zero attached hydrogens (tertiary/aromatic N) is 2. The summed E-state index contributed by atoms with van der Waals surface area (Å²) in [6, 6.07) is 18.8. The molecule has 5 nitrogen and oxygen atoms in total. The van der Waals surface area contributed by atoms with Gasteiger partial charge >= 0.3 is 0 Å². The highest BCUT2D eigenvalue weighted by molar-refractivity contribution is 5.85. The van der Waals surface area contributed by atoms with Crippen molar-refractivity contribution >= 4 is 11.8 Å². The van der Waals surface area contributed by atoms with Crippen molar-refractivity contribution in [1.82, 2.24) is 9.80 Å². The van der Waals surface area contributed by atoms with Gasteiger partial charge in [-0.3, -0.25) is 9.59 Å². The van der Waals surface area contributed by atoms with Gasteiger partial charge in [0.15, 0.2) is 0 Å². The predicted octanol–water partition coefficient (Wildman–Crippen LogP) is 4.55. The molecule has 176 valence electrons. The molecule has 4 rings (SSSR count). The highest BCUT2D eigenvalue weighted by atomic mass is 16.5. The Morgan fingerprint density at radius 3 is 2.42 bits per heavy atom. The lowest BCUT2D eigenvalue weighted by molar-refractivity contribution is -0.147. The molecular weight excluding hydrogens is 412 g/mol. The van der Waals surface area contributed by atoms with Crippen molar-refractivity contribution in [1.29, 1.82) is 0 Å². The van der Waals surface area contributed by atoms with E-state index >= 15 is 0 Å². The predicted molar refractivity (Wildman–Crippen MR) is 131 cm³/mol. The van der Waals surface area contributed by atoms with Crippen LogP contribution in [0.15, 0.2) is 54.6 Å². The van der Waals surface area contributed by atoms with E-state index in [0.717, 1.165) is 50.8 Å². The number of rotatable bonds is 7. The van der Waals surface area contributed by atoms with Crippen LogP contribution in [0.2, 0.25) is 0 Å². The Kier molecular flexibility index (Phi) is 7.49. The van der Waals surface area contributed by atoms with Crippen molar-refractivity contribution in [3.8, 4) is 11.1 Å². The van der Waals surface area contributed by atoms with Crippen LogP contribution >= 0.6 is 0 Å². The molecule has 2 saturated heterocycles. The number of piperidine rings is 1. The van der Waals surface area contributed by atoms with Gasteiger partial charge in [-0.2, -0.15) is 0 Å². The van der Waals surface area contributed by atoms with E-state index in [-0.39, 0.29) is 17.9 Å². The highest BCUT2D eigenvalue weighted by Crippen LogP contribution is 2.36. The second-order valence-electron chi connectivity index (χ2n) is 9.81. The lowest BCUT2D eigenvalue weighted by Gasteiger charge is -2.43. The van der Waals surface area contributed by atoms with Crippen LogP contribution in [0.4, 0.5) is 0 Å². The first kappa shape index (κ1) is 23.5. The molecule has 5 heteroatoms. The van der Waals surface area contributed by atoms with E-state index in [1.807, 2.05) is 37.2 Å². The normalized spacial score (nSPS) is 22.8. The van der Waals surface area contributed by atoms with Gasteiger partial charge in [0.25, 0.3) is 0 Å². The van der Waals surface area contributed by atoms with Gasteiger partial charge in [0.1, 0.15) is 0 Å². The first-order chi connectivity index (χ1) is 16.0. The van der Waals surface area contributed by atoms with Crippen LogP contribution < -0.4 is 0 Å². The molecule has 2 fully saturated rings.